The molecule has 2 atom stereocenters. The number of aromatic amines is 1. The van der Waals surface area contributed by atoms with Gasteiger partial charge >= 0.3 is 11.9 Å². The Morgan fingerprint density at radius 2 is 0.880 bits per heavy atom. The number of rotatable bonds is 24. The number of carbonyl (C=O) groups excluding carboxylic acids is 5. The van der Waals surface area contributed by atoms with E-state index in [0.717, 1.165) is 78.8 Å². The van der Waals surface area contributed by atoms with Gasteiger partial charge in [-0.3, -0.25) is 57.9 Å². The van der Waals surface area contributed by atoms with E-state index in [1.807, 2.05) is 94.4 Å². The highest BCUT2D eigenvalue weighted by atomic mass is 79.9. The van der Waals surface area contributed by atoms with Crippen LogP contribution in [0.3, 0.4) is 0 Å². The number of carbonyl (C=O) groups is 6. The molecule has 0 radical (unpaired) electrons. The van der Waals surface area contributed by atoms with Crippen molar-refractivity contribution in [2.75, 3.05) is 33.8 Å². The number of nitrogens with one attached hydrogen (secondary N) is 1. The second kappa shape index (κ2) is 41.0. The first-order chi connectivity index (χ1) is 55.1. The molecule has 0 spiro atoms. The van der Waals surface area contributed by atoms with Gasteiger partial charge in [0, 0.05) is 123 Å². The Kier molecular flexibility index (Phi) is 31.3. The Morgan fingerprint density at radius 3 is 1.26 bits per heavy atom. The molecule has 6 aromatic heterocycles. The van der Waals surface area contributed by atoms with E-state index in [1.54, 1.807) is 122 Å². The molecule has 117 heavy (non-hydrogen) atoms. The Labute approximate surface area is 680 Å². The normalized spacial score (nSPS) is 11.2. The largest absolute Gasteiger partial charge is 0.508 e. The summed E-state index contributed by atoms with van der Waals surface area (Å²) in [7, 11) is 6.15. The maximum Gasteiger partial charge on any atom is 0.325 e. The third kappa shape index (κ3) is 23.2. The van der Waals surface area contributed by atoms with Crippen molar-refractivity contribution in [1.82, 2.24) is 49.5 Å². The standard InChI is InChI=1S/C32H28F2N4O3.C31H26F2N4O3.C11H12N2O3.C9H10N2O.C3H5BrO2.2CH4/c1-19-28-9-8-27(41-2)17-30(28)38(37-19)18-26(39)15-23(11-20-12-24(33)16-25(34)13-20)31-29(7-4-10-36-31)21-5-3-6-22(14-21)32(35)40;1-18-27-8-7-25(38)16-29(27)37(36-18)17-26(39)14-22(10-19-11-23(32)15-24(33)12-19)30-28(6-3-9-35-30)20-4-2-5-21(13-20)31(34)40;1-7-9-4-3-8(16-2)5-10(9)13(12-7)6-11(14)15;1-6-8-4-3-7(12-2)5-9(8)11-10-6;1-6-3(5)2-4;;/h3-10,12-14,16-17,23H,11,15,18H2,1-2H3,(H2,35,40);2-9,11-13,15-16,22,38H,10,14,17H2,1H3,(H2,34,40);3-5H,6H2,1-2H3,(H,14,15);3-5H,1-2H3,(H,10,11);2H2,1H3;2*1H4/t23-;22-;;;;;/m11...../s1. The predicted molar refractivity (Wildman–Crippen MR) is 444 cm³/mol. The number of ketones is 2. The number of ether oxygens (including phenoxy) is 4. The van der Waals surface area contributed by atoms with Crippen LogP contribution in [0.4, 0.5) is 17.6 Å². The van der Waals surface area contributed by atoms with Crippen molar-refractivity contribution in [3.8, 4) is 45.3 Å². The molecular formula is C88H89BrF4N12O12. The van der Waals surface area contributed by atoms with Crippen molar-refractivity contribution in [3.63, 3.8) is 0 Å². The van der Waals surface area contributed by atoms with E-state index in [9.17, 15) is 51.4 Å². The second-order valence-corrected chi connectivity index (χ2v) is 27.2. The van der Waals surface area contributed by atoms with Crippen LogP contribution < -0.4 is 25.7 Å². The minimum absolute atomic E-state index is 0. The molecule has 608 valence electrons. The number of hydrogen-bond acceptors (Lipinski definition) is 17. The molecule has 0 aliphatic carbocycles. The van der Waals surface area contributed by atoms with Gasteiger partial charge in [-0.1, -0.05) is 67.2 Å². The van der Waals surface area contributed by atoms with Crippen molar-refractivity contribution in [1.29, 1.82) is 0 Å². The SMILES string of the molecule is C.C.COC(=O)CBr.COc1ccc2c(C)[nH]nc2c1.COc1ccc2c(C)nn(CC(=O)C[C@@H](Cc3cc(F)cc(F)c3)c3ncccc3-c3cccc(C(N)=O)c3)c2c1.COc1ccc2c(C)nn(CC(=O)O)c2c1.Cc1nn(CC(=O)C[C@@H](Cc2cc(F)cc(F)c2)c2ncccc2-c2cccc(C(N)=O)c2)c2cc(O)ccc12. The van der Waals surface area contributed by atoms with Crippen molar-refractivity contribution in [3.05, 3.63) is 274 Å². The number of phenolic OH excluding ortho intramolecular Hbond substituents is 1. The Bertz CT molecular complexity index is 5860. The molecule has 0 bridgehead atoms. The number of hydrogen-bond donors (Lipinski definition) is 5. The molecule has 6 heterocycles. The quantitative estimate of drug-likeness (QED) is 0.0213. The van der Waals surface area contributed by atoms with Crippen LogP contribution in [-0.4, -0.2) is 129 Å². The molecule has 14 aromatic rings. The first-order valence-electron chi connectivity index (χ1n) is 35.8. The lowest BCUT2D eigenvalue weighted by atomic mass is 9.86. The minimum Gasteiger partial charge on any atom is -0.508 e. The first kappa shape index (κ1) is 89.1. The number of phenols is 1. The number of methoxy groups -OCH3 is 4. The number of nitrogens with two attached hydrogens (primary N) is 2. The van der Waals surface area contributed by atoms with E-state index in [2.05, 4.69) is 56.1 Å². The molecule has 0 saturated heterocycles. The number of esters is 1. The molecule has 24 nitrogen and oxygen atoms in total. The maximum absolute atomic E-state index is 14.1. The van der Waals surface area contributed by atoms with Gasteiger partial charge in [0.15, 0.2) is 11.6 Å². The summed E-state index contributed by atoms with van der Waals surface area (Å²) in [6, 6.07) is 49.1. The molecular weight excluding hydrogens is 1570 g/mol. The number of H-pyrrole nitrogens is 1. The number of amides is 2. The molecule has 7 N–H and O–H groups in total. The van der Waals surface area contributed by atoms with Gasteiger partial charge < -0.3 is 40.6 Å². The fourth-order valence-electron chi connectivity index (χ4n) is 13.2. The fraction of sp³-hybridized carbons (Fsp3) is 0.227. The highest BCUT2D eigenvalue weighted by Crippen LogP contribution is 2.37. The van der Waals surface area contributed by atoms with Crippen molar-refractivity contribution < 1.29 is 75.5 Å². The number of Topliss-reactive ketones (excluding diaryl/α,β-unsaturated/α-hetero) is 2. The Hall–Kier alpha value is -13.4. The number of carboxylic acids is 1. The first-order valence-corrected chi connectivity index (χ1v) is 36.9. The van der Waals surface area contributed by atoms with Gasteiger partial charge in [0.2, 0.25) is 11.8 Å². The van der Waals surface area contributed by atoms with Crippen molar-refractivity contribution >= 4 is 94.9 Å². The van der Waals surface area contributed by atoms with E-state index in [0.29, 0.717) is 72.9 Å². The molecule has 0 aliphatic rings. The second-order valence-electron chi connectivity index (χ2n) is 26.6. The van der Waals surface area contributed by atoms with Crippen molar-refractivity contribution in [2.45, 2.75) is 99.7 Å². The van der Waals surface area contributed by atoms with Gasteiger partial charge in [-0.05, 0) is 172 Å². The zero-order valence-corrected chi connectivity index (χ0v) is 65.4. The number of nitrogens with zero attached hydrogens (tertiary/aromatic N) is 9. The Balaban J connectivity index is 0.000000207. The van der Waals surface area contributed by atoms with E-state index in [-0.39, 0.29) is 88.8 Å². The van der Waals surface area contributed by atoms with E-state index in [1.165, 1.54) is 36.1 Å². The molecule has 29 heteroatoms. The molecule has 8 aromatic carbocycles. The smallest absolute Gasteiger partial charge is 0.325 e. The van der Waals surface area contributed by atoms with Crippen molar-refractivity contribution in [2.24, 2.45) is 11.5 Å². The third-order valence-electron chi connectivity index (χ3n) is 18.6. The molecule has 0 aliphatic heterocycles. The number of halogens is 5. The number of aromatic hydroxyl groups is 1. The van der Waals surface area contributed by atoms with Crippen LogP contribution in [0.25, 0.3) is 65.9 Å². The lowest BCUT2D eigenvalue weighted by Crippen LogP contribution is -2.18. The summed E-state index contributed by atoms with van der Waals surface area (Å²) in [4.78, 5) is 80.5. The number of aliphatic carboxylic acids is 1. The number of carboxylic acid groups (broad SMARTS) is 1. The highest BCUT2D eigenvalue weighted by Gasteiger charge is 2.27. The summed E-state index contributed by atoms with van der Waals surface area (Å²) < 4.78 is 80.8. The topological polar surface area (TPSA) is 340 Å². The lowest BCUT2D eigenvalue weighted by molar-refractivity contribution is -0.138. The van der Waals surface area contributed by atoms with Crippen LogP contribution in [-0.2, 0) is 56.4 Å². The van der Waals surface area contributed by atoms with Crippen LogP contribution in [0, 0.1) is 51.0 Å². The van der Waals surface area contributed by atoms with Crippen LogP contribution in [0.5, 0.6) is 23.0 Å². The summed E-state index contributed by atoms with van der Waals surface area (Å²) in [6.45, 7) is 7.33. The number of fused-ring (bicyclic) bond motifs is 4. The summed E-state index contributed by atoms with van der Waals surface area (Å²) in [5, 5.41) is 43.1. The molecule has 0 unspecified atom stereocenters. The van der Waals surface area contributed by atoms with E-state index in [4.69, 9.17) is 30.8 Å². The van der Waals surface area contributed by atoms with Crippen LogP contribution in [0.1, 0.15) is 106 Å². The average molecular weight is 1660 g/mol. The summed E-state index contributed by atoms with van der Waals surface area (Å²) in [5.74, 6) is -4.30. The molecule has 0 fully saturated rings. The number of pyridine rings is 2. The molecule has 0 saturated carbocycles. The zero-order valence-electron chi connectivity index (χ0n) is 63.8. The molecule has 14 rings (SSSR count). The van der Waals surface area contributed by atoms with Gasteiger partial charge in [0.1, 0.15) is 71.2 Å². The van der Waals surface area contributed by atoms with Gasteiger partial charge in [-0.15, -0.1) is 0 Å². The average Bonchev–Trinajstić information content (AvgIpc) is 1.74. The van der Waals surface area contributed by atoms with Gasteiger partial charge in [0.05, 0.1) is 79.0 Å². The maximum atomic E-state index is 14.1. The fourth-order valence-corrected chi connectivity index (χ4v) is 13.5. The van der Waals surface area contributed by atoms with Crippen LogP contribution >= 0.6 is 15.9 Å². The highest BCUT2D eigenvalue weighted by molar-refractivity contribution is 9.09. The minimum atomic E-state index is -0.910. The van der Waals surface area contributed by atoms with E-state index >= 15 is 0 Å². The Morgan fingerprint density at radius 1 is 0.487 bits per heavy atom. The van der Waals surface area contributed by atoms with Crippen LogP contribution in [0.15, 0.2) is 194 Å². The van der Waals surface area contributed by atoms with E-state index < -0.39 is 52.9 Å². The lowest BCUT2D eigenvalue weighted by Gasteiger charge is -2.20. The predicted octanol–water partition coefficient (Wildman–Crippen LogP) is 16.4. The number of aromatic nitrogens is 10. The van der Waals surface area contributed by atoms with Gasteiger partial charge in [0.25, 0.3) is 0 Å². The summed E-state index contributed by atoms with van der Waals surface area (Å²) in [5.41, 5.74) is 22.8. The number of aryl methyl sites for hydroxylation is 4. The third-order valence-corrected chi connectivity index (χ3v) is 19.0. The van der Waals surface area contributed by atoms with Crippen LogP contribution in [0.2, 0.25) is 0 Å². The summed E-state index contributed by atoms with van der Waals surface area (Å²) >= 11 is 2.90. The summed E-state index contributed by atoms with van der Waals surface area (Å²) in [6.07, 6.45) is 3.52. The zero-order chi connectivity index (χ0) is 82.7. The number of primary amides is 2. The van der Waals surface area contributed by atoms with Gasteiger partial charge in [-0.25, -0.2) is 17.6 Å². The number of benzene rings is 8. The van der Waals surface area contributed by atoms with Gasteiger partial charge in [-0.2, -0.15) is 20.4 Å². The molecule has 2 amide bonds. The monoisotopic (exact) mass is 1660 g/mol. The number of alkyl halides is 1.